The average molecular weight is 359 g/mol. The lowest BCUT2D eigenvalue weighted by Gasteiger charge is -2.21. The first kappa shape index (κ1) is 23.0. The van der Waals surface area contributed by atoms with Gasteiger partial charge < -0.3 is 36.0 Å². The molecular formula is C16H25NO8. The molecule has 0 aliphatic heterocycles. The molecule has 1 rings (SSSR count). The Hall–Kier alpha value is -2.04. The lowest BCUT2D eigenvalue weighted by Crippen LogP contribution is -2.49. The number of carbonyl (C=O) groups is 2. The second kappa shape index (κ2) is 11.5. The molecule has 0 amide bonds. The van der Waals surface area contributed by atoms with Crippen molar-refractivity contribution in [3.8, 4) is 0 Å². The molecule has 0 aromatic heterocycles. The van der Waals surface area contributed by atoms with E-state index in [0.29, 0.717) is 6.04 Å². The van der Waals surface area contributed by atoms with Crippen LogP contribution < -0.4 is 5.32 Å². The zero-order valence-electron chi connectivity index (χ0n) is 14.0. The minimum atomic E-state index is -2.36. The van der Waals surface area contributed by atoms with E-state index < -0.39 is 36.4 Å². The maximum Gasteiger partial charge on any atom is 0.335 e. The molecule has 0 radical (unpaired) electrons. The van der Waals surface area contributed by atoms with Crippen molar-refractivity contribution < 1.29 is 40.2 Å². The minimum absolute atomic E-state index is 0.567. The minimum Gasteiger partial charge on any atom is -0.479 e. The highest BCUT2D eigenvalue weighted by Crippen LogP contribution is 2.05. The van der Waals surface area contributed by atoms with Gasteiger partial charge >= 0.3 is 11.9 Å². The van der Waals surface area contributed by atoms with Crippen LogP contribution in [0.4, 0.5) is 0 Å². The quantitative estimate of drug-likeness (QED) is 0.290. The number of nitrogens with one attached hydrogen (secondary N) is 1. The van der Waals surface area contributed by atoms with E-state index in [1.807, 2.05) is 13.1 Å². The normalized spacial score (nSPS) is 16.6. The Balaban J connectivity index is 0.000000472. The predicted molar refractivity (Wildman–Crippen MR) is 88.0 cm³/mol. The fraction of sp³-hybridized carbons (Fsp3) is 0.500. The predicted octanol–water partition coefficient (Wildman–Crippen LogP) is -1.56. The summed E-state index contributed by atoms with van der Waals surface area (Å²) < 4.78 is 0. The van der Waals surface area contributed by atoms with E-state index in [0.717, 1.165) is 6.42 Å². The third-order valence-electron chi connectivity index (χ3n) is 3.38. The van der Waals surface area contributed by atoms with Crippen LogP contribution in [0.2, 0.25) is 0 Å². The van der Waals surface area contributed by atoms with Crippen LogP contribution in [0.5, 0.6) is 0 Å². The van der Waals surface area contributed by atoms with E-state index >= 15 is 0 Å². The maximum absolute atomic E-state index is 10.1. The highest BCUT2D eigenvalue weighted by Gasteiger charge is 2.37. The fourth-order valence-corrected chi connectivity index (χ4v) is 1.74. The highest BCUT2D eigenvalue weighted by atomic mass is 16.4. The van der Waals surface area contributed by atoms with Gasteiger partial charge in [-0.25, -0.2) is 9.59 Å². The van der Waals surface area contributed by atoms with Crippen LogP contribution in [0.3, 0.4) is 0 Å². The SMILES string of the molecule is CNC(C)Cc1ccccc1.O=C(O)[C@@H](O)[C@@H](O)[C@H](O)[C@@H](O)C(=O)O. The largest absolute Gasteiger partial charge is 0.479 e. The van der Waals surface area contributed by atoms with Crippen LogP contribution in [0.15, 0.2) is 30.3 Å². The Morgan fingerprint density at radius 1 is 0.920 bits per heavy atom. The lowest BCUT2D eigenvalue weighted by molar-refractivity contribution is -0.172. The Bertz CT molecular complexity index is 500. The van der Waals surface area contributed by atoms with Crippen molar-refractivity contribution in [3.63, 3.8) is 0 Å². The van der Waals surface area contributed by atoms with Crippen molar-refractivity contribution in [2.75, 3.05) is 7.05 Å². The van der Waals surface area contributed by atoms with Gasteiger partial charge in [-0.2, -0.15) is 0 Å². The van der Waals surface area contributed by atoms with E-state index in [2.05, 4.69) is 36.5 Å². The number of aliphatic carboxylic acids is 2. The number of aliphatic hydroxyl groups excluding tert-OH is 4. The van der Waals surface area contributed by atoms with Crippen LogP contribution in [0.25, 0.3) is 0 Å². The smallest absolute Gasteiger partial charge is 0.335 e. The van der Waals surface area contributed by atoms with Crippen molar-refractivity contribution in [1.82, 2.24) is 5.32 Å². The summed E-state index contributed by atoms with van der Waals surface area (Å²) in [7, 11) is 1.99. The Morgan fingerprint density at radius 3 is 1.64 bits per heavy atom. The van der Waals surface area contributed by atoms with Gasteiger partial charge in [0.05, 0.1) is 0 Å². The zero-order valence-corrected chi connectivity index (χ0v) is 14.0. The van der Waals surface area contributed by atoms with Gasteiger partial charge in [-0.3, -0.25) is 0 Å². The summed E-state index contributed by atoms with van der Waals surface area (Å²) in [5, 5.41) is 54.7. The van der Waals surface area contributed by atoms with Gasteiger partial charge in [-0.05, 0) is 26.0 Å². The molecular weight excluding hydrogens is 334 g/mol. The third-order valence-corrected chi connectivity index (χ3v) is 3.38. The van der Waals surface area contributed by atoms with Crippen molar-refractivity contribution in [2.24, 2.45) is 0 Å². The van der Waals surface area contributed by atoms with Crippen molar-refractivity contribution >= 4 is 11.9 Å². The summed E-state index contributed by atoms with van der Waals surface area (Å²) in [4.78, 5) is 20.2. The first-order chi connectivity index (χ1) is 11.6. The highest BCUT2D eigenvalue weighted by molar-refractivity contribution is 5.75. The lowest BCUT2D eigenvalue weighted by atomic mass is 10.0. The standard InChI is InChI=1S/C10H15N.C6H10O8/c1-9(11-2)8-10-6-4-3-5-7-10;7-1(3(9)5(11)12)2(8)4(10)6(13)14/h3-7,9,11H,8H2,1-2H3;1-4,7-10H,(H,11,12)(H,13,14)/t;1-,2-,3-,4+/m.0/s1. The van der Waals surface area contributed by atoms with E-state index in [4.69, 9.17) is 30.6 Å². The summed E-state index contributed by atoms with van der Waals surface area (Å²) in [6.45, 7) is 2.19. The molecule has 0 saturated heterocycles. The molecule has 1 aromatic carbocycles. The van der Waals surface area contributed by atoms with Gasteiger partial charge in [0.2, 0.25) is 0 Å². The van der Waals surface area contributed by atoms with Crippen LogP contribution >= 0.6 is 0 Å². The van der Waals surface area contributed by atoms with Gasteiger partial charge in [0.25, 0.3) is 0 Å². The third kappa shape index (κ3) is 8.57. The molecule has 25 heavy (non-hydrogen) atoms. The zero-order chi connectivity index (χ0) is 19.6. The number of benzene rings is 1. The molecule has 9 heteroatoms. The van der Waals surface area contributed by atoms with Crippen molar-refractivity contribution in [2.45, 2.75) is 43.8 Å². The number of hydrogen-bond donors (Lipinski definition) is 7. The number of carboxylic acid groups (broad SMARTS) is 2. The van der Waals surface area contributed by atoms with Gasteiger partial charge in [0.1, 0.15) is 12.2 Å². The molecule has 0 bridgehead atoms. The maximum atomic E-state index is 10.1. The fourth-order valence-electron chi connectivity index (χ4n) is 1.74. The first-order valence-electron chi connectivity index (χ1n) is 7.50. The van der Waals surface area contributed by atoms with Gasteiger partial charge in [-0.1, -0.05) is 30.3 Å². The second-order valence-corrected chi connectivity index (χ2v) is 5.43. The second-order valence-electron chi connectivity index (χ2n) is 5.43. The number of aliphatic hydroxyl groups is 4. The Kier molecular flexibility index (Phi) is 10.6. The molecule has 0 fully saturated rings. The first-order valence-corrected chi connectivity index (χ1v) is 7.50. The molecule has 9 nitrogen and oxygen atoms in total. The molecule has 0 saturated carbocycles. The molecule has 0 aliphatic carbocycles. The van der Waals surface area contributed by atoms with Crippen molar-refractivity contribution in [1.29, 1.82) is 0 Å². The van der Waals surface area contributed by atoms with E-state index in [1.54, 1.807) is 0 Å². The molecule has 7 N–H and O–H groups in total. The van der Waals surface area contributed by atoms with E-state index in [9.17, 15) is 9.59 Å². The van der Waals surface area contributed by atoms with Gasteiger partial charge in [0, 0.05) is 6.04 Å². The number of likely N-dealkylation sites (N-methyl/N-ethyl adjacent to an activating group) is 1. The molecule has 142 valence electrons. The van der Waals surface area contributed by atoms with Crippen LogP contribution in [0, 0.1) is 0 Å². The van der Waals surface area contributed by atoms with Crippen LogP contribution in [-0.2, 0) is 16.0 Å². The number of carboxylic acids is 2. The van der Waals surface area contributed by atoms with Gasteiger partial charge in [-0.15, -0.1) is 0 Å². The van der Waals surface area contributed by atoms with Crippen molar-refractivity contribution in [3.05, 3.63) is 35.9 Å². The monoisotopic (exact) mass is 359 g/mol. The summed E-state index contributed by atoms with van der Waals surface area (Å²) in [6.07, 6.45) is -8.17. The molecule has 5 atom stereocenters. The van der Waals surface area contributed by atoms with Crippen LogP contribution in [-0.4, -0.2) is 80.1 Å². The summed E-state index contributed by atoms with van der Waals surface area (Å²) in [6, 6.07) is 11.1. The van der Waals surface area contributed by atoms with E-state index in [1.165, 1.54) is 5.56 Å². The molecule has 0 heterocycles. The molecule has 0 aliphatic rings. The summed E-state index contributed by atoms with van der Waals surface area (Å²) >= 11 is 0. The molecule has 1 aromatic rings. The van der Waals surface area contributed by atoms with Gasteiger partial charge in [0.15, 0.2) is 12.2 Å². The number of rotatable bonds is 8. The Morgan fingerprint density at radius 2 is 1.32 bits per heavy atom. The molecule has 1 unspecified atom stereocenters. The number of hydrogen-bond acceptors (Lipinski definition) is 7. The molecule has 0 spiro atoms. The Labute approximate surface area is 145 Å². The topological polar surface area (TPSA) is 168 Å². The average Bonchev–Trinajstić information content (AvgIpc) is 2.60. The summed E-state index contributed by atoms with van der Waals surface area (Å²) in [5.74, 6) is -3.68. The van der Waals surface area contributed by atoms with Crippen LogP contribution in [0.1, 0.15) is 12.5 Å². The van der Waals surface area contributed by atoms with E-state index in [-0.39, 0.29) is 0 Å². The summed E-state index contributed by atoms with van der Waals surface area (Å²) in [5.41, 5.74) is 1.40.